The van der Waals surface area contributed by atoms with Gasteiger partial charge in [0.2, 0.25) is 5.91 Å². The second-order valence-corrected chi connectivity index (χ2v) is 5.56. The van der Waals surface area contributed by atoms with Crippen LogP contribution in [0.3, 0.4) is 0 Å². The molecule has 6 heteroatoms. The zero-order valence-corrected chi connectivity index (χ0v) is 11.5. The first-order valence-corrected chi connectivity index (χ1v) is 7.05. The number of nitrogens with one attached hydrogen (secondary N) is 1. The molecule has 2 N–H and O–H groups in total. The molecule has 2 atom stereocenters. The van der Waals surface area contributed by atoms with Gasteiger partial charge in [-0.3, -0.25) is 9.59 Å². The summed E-state index contributed by atoms with van der Waals surface area (Å²) in [6.07, 6.45) is 0.0399. The van der Waals surface area contributed by atoms with Crippen molar-refractivity contribution < 1.29 is 19.1 Å². The van der Waals surface area contributed by atoms with E-state index >= 15 is 0 Å². The molecule has 1 aromatic carbocycles. The fourth-order valence-electron chi connectivity index (χ4n) is 2.79. The van der Waals surface area contributed by atoms with E-state index in [1.54, 1.807) is 4.90 Å². The molecule has 1 heterocycles. The van der Waals surface area contributed by atoms with Crippen molar-refractivity contribution in [3.8, 4) is 0 Å². The molecule has 3 rings (SSSR count). The zero-order chi connectivity index (χ0) is 15.0. The quantitative estimate of drug-likeness (QED) is 0.880. The minimum absolute atomic E-state index is 0.1000. The van der Waals surface area contributed by atoms with Gasteiger partial charge < -0.3 is 15.3 Å². The Kier molecular flexibility index (Phi) is 3.53. The lowest BCUT2D eigenvalue weighted by Crippen LogP contribution is -2.37. The topological polar surface area (TPSA) is 69.6 Å². The first-order chi connectivity index (χ1) is 10.1. The number of benzene rings is 1. The molecule has 112 valence electrons. The summed E-state index contributed by atoms with van der Waals surface area (Å²) in [7, 11) is 0. The first-order valence-electron chi connectivity index (χ1n) is 7.05. The van der Waals surface area contributed by atoms with E-state index in [0.29, 0.717) is 25.9 Å². The van der Waals surface area contributed by atoms with Gasteiger partial charge in [0.05, 0.1) is 5.92 Å². The number of carboxylic acid groups (broad SMARTS) is 1. The summed E-state index contributed by atoms with van der Waals surface area (Å²) in [4.78, 5) is 24.4. The minimum Gasteiger partial charge on any atom is -0.480 e. The van der Waals surface area contributed by atoms with Crippen molar-refractivity contribution in [2.75, 3.05) is 18.4 Å². The SMILES string of the molecule is O=C(O)CNc1cccc2c1CCN(C(=O)[C@@H]1C[C@@H]1F)C2. The van der Waals surface area contributed by atoms with Crippen LogP contribution in [0.2, 0.25) is 0 Å². The van der Waals surface area contributed by atoms with E-state index in [4.69, 9.17) is 5.11 Å². The summed E-state index contributed by atoms with van der Waals surface area (Å²) in [5, 5.41) is 11.6. The van der Waals surface area contributed by atoms with Gasteiger partial charge in [-0.1, -0.05) is 12.1 Å². The van der Waals surface area contributed by atoms with Gasteiger partial charge in [-0.15, -0.1) is 0 Å². The zero-order valence-electron chi connectivity index (χ0n) is 11.5. The smallest absolute Gasteiger partial charge is 0.322 e. The van der Waals surface area contributed by atoms with Crippen LogP contribution in [0.1, 0.15) is 17.5 Å². The molecule has 5 nitrogen and oxygen atoms in total. The van der Waals surface area contributed by atoms with Crippen molar-refractivity contribution in [1.29, 1.82) is 0 Å². The third-order valence-electron chi connectivity index (χ3n) is 4.04. The predicted octanol–water partition coefficient (Wildman–Crippen LogP) is 1.43. The molecule has 0 bridgehead atoms. The molecule has 1 aliphatic heterocycles. The van der Waals surface area contributed by atoms with Gasteiger partial charge in [-0.25, -0.2) is 4.39 Å². The number of carbonyl (C=O) groups excluding carboxylic acids is 1. The molecule has 21 heavy (non-hydrogen) atoms. The third kappa shape index (κ3) is 2.84. The third-order valence-corrected chi connectivity index (χ3v) is 4.04. The van der Waals surface area contributed by atoms with Crippen LogP contribution in [0.25, 0.3) is 0 Å². The molecule has 0 unspecified atom stereocenters. The molecule has 1 aromatic rings. The van der Waals surface area contributed by atoms with Gasteiger partial charge in [-0.05, 0) is 30.0 Å². The number of aliphatic carboxylic acids is 1. The molecule has 0 radical (unpaired) electrons. The maximum Gasteiger partial charge on any atom is 0.322 e. The Morgan fingerprint density at radius 2 is 2.19 bits per heavy atom. The average Bonchev–Trinajstić information content (AvgIpc) is 3.20. The van der Waals surface area contributed by atoms with Crippen LogP contribution in [0.15, 0.2) is 18.2 Å². The number of carboxylic acids is 1. The monoisotopic (exact) mass is 292 g/mol. The first kappa shape index (κ1) is 13.9. The van der Waals surface area contributed by atoms with E-state index in [1.807, 2.05) is 18.2 Å². The molecular formula is C15H17FN2O3. The van der Waals surface area contributed by atoms with Crippen LogP contribution in [-0.4, -0.2) is 41.1 Å². The van der Waals surface area contributed by atoms with Gasteiger partial charge in [-0.2, -0.15) is 0 Å². The number of hydrogen-bond donors (Lipinski definition) is 2. The second kappa shape index (κ2) is 5.35. The summed E-state index contributed by atoms with van der Waals surface area (Å²) in [5.74, 6) is -1.46. The number of carbonyl (C=O) groups is 2. The fourth-order valence-corrected chi connectivity index (χ4v) is 2.79. The number of hydrogen-bond acceptors (Lipinski definition) is 3. The maximum absolute atomic E-state index is 13.0. The Bertz CT molecular complexity index is 590. The molecule has 1 saturated carbocycles. The Hall–Kier alpha value is -2.11. The summed E-state index contributed by atoms with van der Waals surface area (Å²) in [5.41, 5.74) is 2.85. The Morgan fingerprint density at radius 3 is 2.86 bits per heavy atom. The van der Waals surface area contributed by atoms with E-state index in [0.717, 1.165) is 16.8 Å². The summed E-state index contributed by atoms with van der Waals surface area (Å²) >= 11 is 0. The van der Waals surface area contributed by atoms with E-state index in [9.17, 15) is 14.0 Å². The van der Waals surface area contributed by atoms with Crippen molar-refractivity contribution in [2.45, 2.75) is 25.6 Å². The molecule has 1 amide bonds. The number of fused-ring (bicyclic) bond motifs is 1. The lowest BCUT2D eigenvalue weighted by Gasteiger charge is -2.30. The number of anilines is 1. The normalized spacial score (nSPS) is 23.4. The van der Waals surface area contributed by atoms with Crippen molar-refractivity contribution in [3.63, 3.8) is 0 Å². The molecule has 0 aromatic heterocycles. The van der Waals surface area contributed by atoms with Crippen LogP contribution in [0, 0.1) is 5.92 Å². The lowest BCUT2D eigenvalue weighted by molar-refractivity contribution is -0.135. The van der Waals surface area contributed by atoms with Crippen molar-refractivity contribution >= 4 is 17.6 Å². The number of nitrogens with zero attached hydrogens (tertiary/aromatic N) is 1. The summed E-state index contributed by atoms with van der Waals surface area (Å²) in [6, 6.07) is 5.62. The highest BCUT2D eigenvalue weighted by atomic mass is 19.1. The Balaban J connectivity index is 1.73. The van der Waals surface area contributed by atoms with Gasteiger partial charge in [0.25, 0.3) is 0 Å². The molecule has 0 saturated heterocycles. The van der Waals surface area contributed by atoms with Crippen molar-refractivity contribution in [3.05, 3.63) is 29.3 Å². The average molecular weight is 292 g/mol. The van der Waals surface area contributed by atoms with Crippen LogP contribution in [0.5, 0.6) is 0 Å². The lowest BCUT2D eigenvalue weighted by atomic mass is 9.97. The molecular weight excluding hydrogens is 275 g/mol. The van der Waals surface area contributed by atoms with E-state index in [2.05, 4.69) is 5.32 Å². The number of rotatable bonds is 4. The number of halogens is 1. The maximum atomic E-state index is 13.0. The molecule has 1 fully saturated rings. The number of amides is 1. The van der Waals surface area contributed by atoms with Crippen LogP contribution >= 0.6 is 0 Å². The standard InChI is InChI=1S/C15H17FN2O3/c16-12-6-11(12)15(21)18-5-4-10-9(8-18)2-1-3-13(10)17-7-14(19)20/h1-3,11-12,17H,4-8H2,(H,19,20)/t11-,12+/m1/s1. The highest BCUT2D eigenvalue weighted by molar-refractivity contribution is 5.82. The fraction of sp³-hybridized carbons (Fsp3) is 0.467. The predicted molar refractivity (Wildman–Crippen MR) is 74.7 cm³/mol. The van der Waals surface area contributed by atoms with Crippen molar-refractivity contribution in [2.24, 2.45) is 5.92 Å². The van der Waals surface area contributed by atoms with Crippen LogP contribution < -0.4 is 5.32 Å². The van der Waals surface area contributed by atoms with E-state index < -0.39 is 18.1 Å². The van der Waals surface area contributed by atoms with Crippen LogP contribution in [-0.2, 0) is 22.6 Å². The molecule has 2 aliphatic rings. The Labute approximate surface area is 121 Å². The largest absolute Gasteiger partial charge is 0.480 e. The highest BCUT2D eigenvalue weighted by Crippen LogP contribution is 2.37. The second-order valence-electron chi connectivity index (χ2n) is 5.56. The summed E-state index contributed by atoms with van der Waals surface area (Å²) in [6.45, 7) is 0.894. The molecule has 0 spiro atoms. The highest BCUT2D eigenvalue weighted by Gasteiger charge is 2.46. The van der Waals surface area contributed by atoms with E-state index in [1.165, 1.54) is 0 Å². The van der Waals surface area contributed by atoms with Crippen molar-refractivity contribution in [1.82, 2.24) is 4.90 Å². The van der Waals surface area contributed by atoms with Gasteiger partial charge >= 0.3 is 5.97 Å². The van der Waals surface area contributed by atoms with Gasteiger partial charge in [0.15, 0.2) is 0 Å². The van der Waals surface area contributed by atoms with E-state index in [-0.39, 0.29) is 12.5 Å². The van der Waals surface area contributed by atoms with Gasteiger partial charge in [0.1, 0.15) is 12.7 Å². The minimum atomic E-state index is -0.970. The summed E-state index contributed by atoms with van der Waals surface area (Å²) < 4.78 is 13.0. The molecule has 1 aliphatic carbocycles. The number of alkyl halides is 1. The van der Waals surface area contributed by atoms with Crippen LogP contribution in [0.4, 0.5) is 10.1 Å². The Morgan fingerprint density at radius 1 is 1.43 bits per heavy atom. The van der Waals surface area contributed by atoms with Gasteiger partial charge in [0, 0.05) is 18.8 Å².